The first-order chi connectivity index (χ1) is 12.6. The summed E-state index contributed by atoms with van der Waals surface area (Å²) in [5, 5.41) is 1.86. The van der Waals surface area contributed by atoms with Gasteiger partial charge in [-0.2, -0.15) is 0 Å². The summed E-state index contributed by atoms with van der Waals surface area (Å²) in [6, 6.07) is 11.9. The van der Waals surface area contributed by atoms with Crippen molar-refractivity contribution in [1.29, 1.82) is 0 Å². The number of carbonyl (C=O) groups excluding carboxylic acids is 2. The monoisotopic (exact) mass is 371 g/mol. The van der Waals surface area contributed by atoms with E-state index in [1.165, 1.54) is 18.9 Å². The Morgan fingerprint density at radius 2 is 1.92 bits per heavy atom. The van der Waals surface area contributed by atoms with Gasteiger partial charge in [0.1, 0.15) is 11.0 Å². The van der Waals surface area contributed by atoms with E-state index < -0.39 is 0 Å². The Balaban J connectivity index is 1.69. The van der Waals surface area contributed by atoms with Crippen LogP contribution in [0.15, 0.2) is 42.5 Å². The molecule has 1 atom stereocenters. The molecule has 2 aromatic rings. The highest BCUT2D eigenvalue weighted by Gasteiger charge is 2.28. The fourth-order valence-corrected chi connectivity index (χ4v) is 4.00. The van der Waals surface area contributed by atoms with Gasteiger partial charge >= 0.3 is 5.97 Å². The van der Waals surface area contributed by atoms with Crippen LogP contribution in [0.2, 0.25) is 0 Å². The lowest BCUT2D eigenvalue weighted by atomic mass is 10.1. The number of methoxy groups -OCH3 is 2. The standard InChI is InChI=1S/C20H21NO4S/c1-24-17-7-6-15-11-14(3-5-16(15)12-17)4-8-19(22)21-9-10-26-18(13-21)20(23)25-2/h3-8,11-12,18H,9-10,13H2,1-2H3/b8-4+/t18-/m1/s1. The summed E-state index contributed by atoms with van der Waals surface area (Å²) in [6.07, 6.45) is 3.37. The maximum Gasteiger partial charge on any atom is 0.320 e. The molecule has 0 saturated carbocycles. The first-order valence-corrected chi connectivity index (χ1v) is 9.40. The molecule has 1 saturated heterocycles. The third-order valence-electron chi connectivity index (χ3n) is 4.33. The van der Waals surface area contributed by atoms with Gasteiger partial charge in [0.25, 0.3) is 0 Å². The lowest BCUT2D eigenvalue weighted by molar-refractivity contribution is -0.140. The summed E-state index contributed by atoms with van der Waals surface area (Å²) in [5.41, 5.74) is 0.951. The molecule has 0 aromatic heterocycles. The van der Waals surface area contributed by atoms with E-state index in [2.05, 4.69) is 0 Å². The summed E-state index contributed by atoms with van der Waals surface area (Å²) in [4.78, 5) is 25.8. The third kappa shape index (κ3) is 4.19. The van der Waals surface area contributed by atoms with Crippen LogP contribution in [0.1, 0.15) is 5.56 Å². The normalized spacial score (nSPS) is 17.5. The van der Waals surface area contributed by atoms with E-state index in [4.69, 9.17) is 9.47 Å². The van der Waals surface area contributed by atoms with E-state index in [1.807, 2.05) is 36.4 Å². The van der Waals surface area contributed by atoms with Gasteiger partial charge in [0, 0.05) is 24.9 Å². The first-order valence-electron chi connectivity index (χ1n) is 8.35. The van der Waals surface area contributed by atoms with Crippen molar-refractivity contribution >= 4 is 40.5 Å². The Morgan fingerprint density at radius 3 is 2.69 bits per heavy atom. The van der Waals surface area contributed by atoms with E-state index in [1.54, 1.807) is 24.2 Å². The molecule has 0 radical (unpaired) electrons. The van der Waals surface area contributed by atoms with E-state index in [0.29, 0.717) is 13.1 Å². The molecule has 1 aliphatic rings. The van der Waals surface area contributed by atoms with Gasteiger partial charge in [-0.05, 0) is 40.6 Å². The zero-order chi connectivity index (χ0) is 18.5. The number of nitrogens with zero attached hydrogens (tertiary/aromatic N) is 1. The van der Waals surface area contributed by atoms with Gasteiger partial charge in [-0.3, -0.25) is 9.59 Å². The van der Waals surface area contributed by atoms with Crippen molar-refractivity contribution in [3.05, 3.63) is 48.0 Å². The average Bonchev–Trinajstić information content (AvgIpc) is 2.70. The second-order valence-corrected chi connectivity index (χ2v) is 7.28. The lowest BCUT2D eigenvalue weighted by Gasteiger charge is -2.30. The molecule has 1 fully saturated rings. The van der Waals surface area contributed by atoms with Gasteiger partial charge in [0.2, 0.25) is 5.91 Å². The fourth-order valence-electron chi connectivity index (χ4n) is 2.87. The molecule has 6 heteroatoms. The molecule has 2 aromatic carbocycles. The molecule has 5 nitrogen and oxygen atoms in total. The van der Waals surface area contributed by atoms with Crippen molar-refractivity contribution in [2.45, 2.75) is 5.25 Å². The molecule has 3 rings (SSSR count). The third-order valence-corrected chi connectivity index (χ3v) is 5.49. The zero-order valence-corrected chi connectivity index (χ0v) is 15.6. The minimum absolute atomic E-state index is 0.0889. The van der Waals surface area contributed by atoms with Crippen LogP contribution < -0.4 is 4.74 Å². The van der Waals surface area contributed by atoms with Gasteiger partial charge in [0.05, 0.1) is 14.2 Å². The van der Waals surface area contributed by atoms with Crippen molar-refractivity contribution in [2.75, 3.05) is 33.1 Å². The molecule has 0 aliphatic carbocycles. The molecule has 1 aliphatic heterocycles. The van der Waals surface area contributed by atoms with Crippen molar-refractivity contribution in [3.63, 3.8) is 0 Å². The van der Waals surface area contributed by atoms with Crippen molar-refractivity contribution in [1.82, 2.24) is 4.90 Å². The maximum absolute atomic E-state index is 12.4. The van der Waals surface area contributed by atoms with Gasteiger partial charge in [0.15, 0.2) is 0 Å². The molecule has 136 valence electrons. The Labute approximate surface area is 157 Å². The first kappa shape index (κ1) is 18.3. The van der Waals surface area contributed by atoms with Gasteiger partial charge in [-0.1, -0.05) is 18.2 Å². The van der Waals surface area contributed by atoms with Crippen LogP contribution in [0.4, 0.5) is 0 Å². The Bertz CT molecular complexity index is 849. The van der Waals surface area contributed by atoms with Crippen molar-refractivity contribution in [3.8, 4) is 5.75 Å². The van der Waals surface area contributed by atoms with E-state index in [9.17, 15) is 9.59 Å². The number of rotatable bonds is 4. The second-order valence-electron chi connectivity index (χ2n) is 5.97. The molecule has 1 heterocycles. The number of thioether (sulfide) groups is 1. The smallest absolute Gasteiger partial charge is 0.320 e. The highest BCUT2D eigenvalue weighted by Crippen LogP contribution is 2.23. The quantitative estimate of drug-likeness (QED) is 0.611. The van der Waals surface area contributed by atoms with E-state index >= 15 is 0 Å². The topological polar surface area (TPSA) is 55.8 Å². The summed E-state index contributed by atoms with van der Waals surface area (Å²) in [5.74, 6) is 1.19. The number of hydrogen-bond acceptors (Lipinski definition) is 5. The SMILES string of the molecule is COC(=O)[C@H]1CN(C(=O)/C=C/c2ccc3cc(OC)ccc3c2)CCS1. The van der Waals surface area contributed by atoms with Crippen LogP contribution in [0.5, 0.6) is 5.75 Å². The minimum Gasteiger partial charge on any atom is -0.497 e. The van der Waals surface area contributed by atoms with Crippen LogP contribution in [0.3, 0.4) is 0 Å². The molecule has 0 bridgehead atoms. The minimum atomic E-state index is -0.304. The number of benzene rings is 2. The maximum atomic E-state index is 12.4. The van der Waals surface area contributed by atoms with Gasteiger partial charge < -0.3 is 14.4 Å². The summed E-state index contributed by atoms with van der Waals surface area (Å²) in [7, 11) is 3.02. The molecule has 0 spiro atoms. The predicted molar refractivity (Wildman–Crippen MR) is 104 cm³/mol. The predicted octanol–water partition coefficient (Wildman–Crippen LogP) is 2.98. The zero-order valence-electron chi connectivity index (χ0n) is 14.8. The Morgan fingerprint density at radius 1 is 1.15 bits per heavy atom. The number of esters is 1. The van der Waals surface area contributed by atoms with E-state index in [-0.39, 0.29) is 17.1 Å². The highest BCUT2D eigenvalue weighted by molar-refractivity contribution is 8.00. The van der Waals surface area contributed by atoms with Crippen LogP contribution in [-0.2, 0) is 14.3 Å². The van der Waals surface area contributed by atoms with E-state index in [0.717, 1.165) is 27.8 Å². The second kappa shape index (κ2) is 8.27. The Hall–Kier alpha value is -2.47. The van der Waals surface area contributed by atoms with Crippen LogP contribution in [0, 0.1) is 0 Å². The highest BCUT2D eigenvalue weighted by atomic mass is 32.2. The summed E-state index contributed by atoms with van der Waals surface area (Å²) < 4.78 is 10.0. The van der Waals surface area contributed by atoms with Gasteiger partial charge in [-0.15, -0.1) is 11.8 Å². The van der Waals surface area contributed by atoms with Crippen LogP contribution in [-0.4, -0.2) is 55.1 Å². The molecular weight excluding hydrogens is 350 g/mol. The van der Waals surface area contributed by atoms with Gasteiger partial charge in [-0.25, -0.2) is 0 Å². The molecule has 26 heavy (non-hydrogen) atoms. The van der Waals surface area contributed by atoms with Crippen molar-refractivity contribution in [2.24, 2.45) is 0 Å². The molecule has 1 amide bonds. The van der Waals surface area contributed by atoms with Crippen molar-refractivity contribution < 1.29 is 19.1 Å². The largest absolute Gasteiger partial charge is 0.497 e. The number of amides is 1. The Kier molecular flexibility index (Phi) is 5.83. The molecule has 0 N–H and O–H groups in total. The molecule has 0 unspecified atom stereocenters. The number of carbonyl (C=O) groups is 2. The summed E-state index contributed by atoms with van der Waals surface area (Å²) >= 11 is 1.53. The fraction of sp³-hybridized carbons (Fsp3) is 0.300. The lowest BCUT2D eigenvalue weighted by Crippen LogP contribution is -2.44. The number of hydrogen-bond donors (Lipinski definition) is 0. The number of fused-ring (bicyclic) bond motifs is 1. The number of ether oxygens (including phenoxy) is 2. The summed E-state index contributed by atoms with van der Waals surface area (Å²) in [6.45, 7) is 1.02. The van der Waals surface area contributed by atoms with Crippen LogP contribution >= 0.6 is 11.8 Å². The average molecular weight is 371 g/mol. The van der Waals surface area contributed by atoms with Crippen LogP contribution in [0.25, 0.3) is 16.8 Å². The molecular formula is C20H21NO4S.